The fourth-order valence-electron chi connectivity index (χ4n) is 2.23. The third-order valence-corrected chi connectivity index (χ3v) is 6.27. The number of rotatable bonds is 3. The number of thiocarbonyl (C=S) groups is 1. The van der Waals surface area contributed by atoms with Crippen LogP contribution in [0.3, 0.4) is 0 Å². The summed E-state index contributed by atoms with van der Waals surface area (Å²) in [5.74, 6) is -0.323. The highest BCUT2D eigenvalue weighted by molar-refractivity contribution is 9.10. The maximum Gasteiger partial charge on any atom is 0.288 e. The molecule has 1 fully saturated rings. The Kier molecular flexibility index (Phi) is 5.69. The van der Waals surface area contributed by atoms with Crippen molar-refractivity contribution in [3.05, 3.63) is 71.5 Å². The molecular formula is C16H7BrCl2N2O3S2. The number of thioether (sulfide) groups is 1. The SMILES string of the molecule is O=C1/C(=C/c2ccc(Cl)c([N+](=O)[O-])c2)SC(=S)N1c1ccc(Br)c(Cl)c1. The summed E-state index contributed by atoms with van der Waals surface area (Å²) in [6, 6.07) is 9.40. The first-order valence-electron chi connectivity index (χ1n) is 6.95. The van der Waals surface area contributed by atoms with Crippen LogP contribution in [0.25, 0.3) is 6.08 Å². The van der Waals surface area contributed by atoms with Crippen LogP contribution in [0.4, 0.5) is 11.4 Å². The van der Waals surface area contributed by atoms with Crippen LogP contribution >= 0.6 is 63.1 Å². The first kappa shape index (κ1) is 19.3. The number of amides is 1. The number of hydrogen-bond donors (Lipinski definition) is 0. The summed E-state index contributed by atoms with van der Waals surface area (Å²) in [5.41, 5.74) is 0.803. The standard InChI is InChI=1S/C16H7BrCl2N2O3S2/c17-10-3-2-9(7-12(10)19)20-15(22)14(26-16(20)25)6-8-1-4-11(18)13(5-8)21(23)24/h1-7H/b14-6-. The summed E-state index contributed by atoms with van der Waals surface area (Å²) in [6.45, 7) is 0. The molecule has 0 bridgehead atoms. The van der Waals surface area contributed by atoms with Crippen molar-refractivity contribution in [2.45, 2.75) is 0 Å². The van der Waals surface area contributed by atoms with Gasteiger partial charge in [0.25, 0.3) is 11.6 Å². The lowest BCUT2D eigenvalue weighted by Crippen LogP contribution is -2.27. The van der Waals surface area contributed by atoms with Gasteiger partial charge in [-0.05, 0) is 51.8 Å². The lowest BCUT2D eigenvalue weighted by molar-refractivity contribution is -0.384. The zero-order chi connectivity index (χ0) is 19.0. The van der Waals surface area contributed by atoms with Crippen LogP contribution in [0.2, 0.25) is 10.0 Å². The number of nitrogens with zero attached hydrogens (tertiary/aromatic N) is 2. The summed E-state index contributed by atoms with van der Waals surface area (Å²) in [7, 11) is 0. The van der Waals surface area contributed by atoms with E-state index in [4.69, 9.17) is 35.4 Å². The van der Waals surface area contributed by atoms with Crippen LogP contribution in [-0.4, -0.2) is 15.2 Å². The Morgan fingerprint density at radius 1 is 1.19 bits per heavy atom. The number of nitro groups is 1. The highest BCUT2D eigenvalue weighted by Crippen LogP contribution is 2.38. The zero-order valence-corrected chi connectivity index (χ0v) is 17.3. The first-order valence-corrected chi connectivity index (χ1v) is 9.72. The maximum absolute atomic E-state index is 12.7. The molecule has 1 aliphatic rings. The Morgan fingerprint density at radius 2 is 1.92 bits per heavy atom. The minimum absolute atomic E-state index is 0.0317. The van der Waals surface area contributed by atoms with Crippen molar-refractivity contribution < 1.29 is 9.72 Å². The van der Waals surface area contributed by atoms with Crippen molar-refractivity contribution >= 4 is 90.8 Å². The molecule has 26 heavy (non-hydrogen) atoms. The number of benzene rings is 2. The van der Waals surface area contributed by atoms with Crippen molar-refractivity contribution in [2.75, 3.05) is 4.90 Å². The summed E-state index contributed by atoms with van der Waals surface area (Å²) >= 11 is 21.6. The average molecular weight is 490 g/mol. The fourth-order valence-corrected chi connectivity index (χ4v) is 4.13. The molecule has 1 aliphatic heterocycles. The predicted molar refractivity (Wildman–Crippen MR) is 113 cm³/mol. The average Bonchev–Trinajstić information content (AvgIpc) is 2.85. The fraction of sp³-hybridized carbons (Fsp3) is 0. The van der Waals surface area contributed by atoms with Crippen LogP contribution < -0.4 is 4.90 Å². The van der Waals surface area contributed by atoms with Gasteiger partial charge in [0.05, 0.1) is 20.5 Å². The first-order chi connectivity index (χ1) is 12.3. The Labute approximate surface area is 176 Å². The van der Waals surface area contributed by atoms with Gasteiger partial charge in [-0.3, -0.25) is 19.8 Å². The van der Waals surface area contributed by atoms with Gasteiger partial charge < -0.3 is 0 Å². The monoisotopic (exact) mass is 488 g/mol. The third kappa shape index (κ3) is 3.79. The number of halogens is 3. The number of carbonyl (C=O) groups is 1. The molecule has 2 aromatic carbocycles. The van der Waals surface area contributed by atoms with Crippen LogP contribution in [0.1, 0.15) is 5.56 Å². The van der Waals surface area contributed by atoms with Gasteiger partial charge in [-0.2, -0.15) is 0 Å². The van der Waals surface area contributed by atoms with Crippen molar-refractivity contribution in [1.82, 2.24) is 0 Å². The van der Waals surface area contributed by atoms with Gasteiger partial charge in [-0.15, -0.1) is 0 Å². The van der Waals surface area contributed by atoms with Gasteiger partial charge in [-0.1, -0.05) is 53.2 Å². The summed E-state index contributed by atoms with van der Waals surface area (Å²) in [4.78, 5) is 24.9. The van der Waals surface area contributed by atoms with E-state index in [0.29, 0.717) is 30.0 Å². The van der Waals surface area contributed by atoms with E-state index in [1.165, 1.54) is 17.0 Å². The second kappa shape index (κ2) is 7.66. The van der Waals surface area contributed by atoms with E-state index in [1.807, 2.05) is 0 Å². The highest BCUT2D eigenvalue weighted by Gasteiger charge is 2.33. The van der Waals surface area contributed by atoms with Gasteiger partial charge in [0.15, 0.2) is 4.32 Å². The van der Waals surface area contributed by atoms with Crippen molar-refractivity contribution in [3.63, 3.8) is 0 Å². The van der Waals surface area contributed by atoms with E-state index in [1.54, 1.807) is 30.3 Å². The molecule has 0 unspecified atom stereocenters. The molecule has 5 nitrogen and oxygen atoms in total. The van der Waals surface area contributed by atoms with E-state index >= 15 is 0 Å². The second-order valence-corrected chi connectivity index (χ2v) is 8.43. The minimum Gasteiger partial charge on any atom is -0.268 e. The molecule has 1 heterocycles. The molecule has 0 aliphatic carbocycles. The molecule has 0 spiro atoms. The van der Waals surface area contributed by atoms with E-state index in [0.717, 1.165) is 11.8 Å². The van der Waals surface area contributed by atoms with E-state index < -0.39 is 4.92 Å². The number of hydrogen-bond acceptors (Lipinski definition) is 5. The van der Waals surface area contributed by atoms with Crippen molar-refractivity contribution in [3.8, 4) is 0 Å². The van der Waals surface area contributed by atoms with Gasteiger partial charge in [0, 0.05) is 10.5 Å². The highest BCUT2D eigenvalue weighted by atomic mass is 79.9. The van der Waals surface area contributed by atoms with E-state index in [2.05, 4.69) is 15.9 Å². The molecule has 0 aromatic heterocycles. The smallest absolute Gasteiger partial charge is 0.268 e. The molecule has 0 atom stereocenters. The van der Waals surface area contributed by atoms with E-state index in [9.17, 15) is 14.9 Å². The lowest BCUT2D eigenvalue weighted by Gasteiger charge is -2.15. The molecule has 0 N–H and O–H groups in total. The quantitative estimate of drug-likeness (QED) is 0.226. The molecule has 2 aromatic rings. The molecule has 0 radical (unpaired) electrons. The van der Waals surface area contributed by atoms with Gasteiger partial charge in [0.1, 0.15) is 5.02 Å². The zero-order valence-electron chi connectivity index (χ0n) is 12.6. The molecule has 10 heteroatoms. The van der Waals surface area contributed by atoms with Gasteiger partial charge >= 0.3 is 0 Å². The lowest BCUT2D eigenvalue weighted by atomic mass is 10.2. The molecular weight excluding hydrogens is 483 g/mol. The Hall–Kier alpha value is -1.45. The molecule has 0 saturated carbocycles. The topological polar surface area (TPSA) is 63.4 Å². The van der Waals surface area contributed by atoms with Crippen LogP contribution in [0, 0.1) is 10.1 Å². The Balaban J connectivity index is 1.96. The van der Waals surface area contributed by atoms with Crippen LogP contribution in [0.15, 0.2) is 45.8 Å². The summed E-state index contributed by atoms with van der Waals surface area (Å²) in [5, 5.41) is 11.5. The maximum atomic E-state index is 12.7. The number of anilines is 1. The summed E-state index contributed by atoms with van der Waals surface area (Å²) < 4.78 is 1.06. The van der Waals surface area contributed by atoms with Crippen molar-refractivity contribution in [2.24, 2.45) is 0 Å². The number of carbonyl (C=O) groups excluding carboxylic acids is 1. The normalized spacial score (nSPS) is 15.8. The van der Waals surface area contributed by atoms with Crippen LogP contribution in [-0.2, 0) is 4.79 Å². The van der Waals surface area contributed by atoms with E-state index in [-0.39, 0.29) is 16.6 Å². The Bertz CT molecular complexity index is 997. The van der Waals surface area contributed by atoms with Gasteiger partial charge in [-0.25, -0.2) is 0 Å². The third-order valence-electron chi connectivity index (χ3n) is 3.42. The molecule has 1 amide bonds. The Morgan fingerprint density at radius 3 is 2.58 bits per heavy atom. The second-order valence-electron chi connectivity index (χ2n) is 5.08. The van der Waals surface area contributed by atoms with Crippen molar-refractivity contribution in [1.29, 1.82) is 0 Å². The molecule has 1 saturated heterocycles. The molecule has 3 rings (SSSR count). The minimum atomic E-state index is -0.575. The molecule has 132 valence electrons. The summed E-state index contributed by atoms with van der Waals surface area (Å²) in [6.07, 6.45) is 1.54. The van der Waals surface area contributed by atoms with Crippen LogP contribution in [0.5, 0.6) is 0 Å². The largest absolute Gasteiger partial charge is 0.288 e. The van der Waals surface area contributed by atoms with Gasteiger partial charge in [0.2, 0.25) is 0 Å². The predicted octanol–water partition coefficient (Wildman–Crippen LogP) is 6.07. The number of nitro benzene ring substituents is 1.